The first kappa shape index (κ1) is 10.5. The fourth-order valence-corrected chi connectivity index (χ4v) is 3.15. The van der Waals surface area contributed by atoms with Crippen LogP contribution in [0.25, 0.3) is 0 Å². The monoisotopic (exact) mass is 212 g/mol. The fraction of sp³-hybridized carbons (Fsp3) is 0.818. The molecule has 0 atom stereocenters. The molecule has 0 aliphatic heterocycles. The van der Waals surface area contributed by atoms with Gasteiger partial charge in [-0.3, -0.25) is 9.59 Å². The largest absolute Gasteiger partial charge is 0.480 e. The standard InChI is InChI=1S/C11H16O4/c12-9(13)11(10(14)15)5-7-1-2-8(6-11)4-3-7/h7-8H,1-6H2,(H,12,13)(H,14,15). The van der Waals surface area contributed by atoms with Crippen LogP contribution >= 0.6 is 0 Å². The first-order valence-corrected chi connectivity index (χ1v) is 5.51. The smallest absolute Gasteiger partial charge is 0.321 e. The van der Waals surface area contributed by atoms with Crippen molar-refractivity contribution in [2.45, 2.75) is 38.5 Å². The molecule has 84 valence electrons. The van der Waals surface area contributed by atoms with Crippen LogP contribution in [-0.4, -0.2) is 22.2 Å². The highest BCUT2D eigenvalue weighted by Gasteiger charge is 2.52. The highest BCUT2D eigenvalue weighted by molar-refractivity contribution is 5.98. The quantitative estimate of drug-likeness (QED) is 0.684. The van der Waals surface area contributed by atoms with E-state index in [2.05, 4.69) is 0 Å². The summed E-state index contributed by atoms with van der Waals surface area (Å²) in [7, 11) is 0. The number of aliphatic carboxylic acids is 2. The summed E-state index contributed by atoms with van der Waals surface area (Å²) in [5.74, 6) is -1.69. The molecule has 2 bridgehead atoms. The molecule has 0 unspecified atom stereocenters. The summed E-state index contributed by atoms with van der Waals surface area (Å²) in [6, 6.07) is 0. The topological polar surface area (TPSA) is 74.6 Å². The molecule has 15 heavy (non-hydrogen) atoms. The Morgan fingerprint density at radius 2 is 1.20 bits per heavy atom. The van der Waals surface area contributed by atoms with Gasteiger partial charge >= 0.3 is 11.9 Å². The van der Waals surface area contributed by atoms with Gasteiger partial charge in [0.25, 0.3) is 0 Å². The van der Waals surface area contributed by atoms with Crippen molar-refractivity contribution in [1.29, 1.82) is 0 Å². The number of carboxylic acids is 2. The number of carboxylic acid groups (broad SMARTS) is 2. The third-order valence-corrected chi connectivity index (χ3v) is 4.06. The molecule has 3 aliphatic carbocycles. The van der Waals surface area contributed by atoms with E-state index in [9.17, 15) is 9.59 Å². The van der Waals surface area contributed by atoms with E-state index in [1.54, 1.807) is 0 Å². The molecule has 4 heteroatoms. The summed E-state index contributed by atoms with van der Waals surface area (Å²) >= 11 is 0. The van der Waals surface area contributed by atoms with Gasteiger partial charge in [0.1, 0.15) is 0 Å². The van der Waals surface area contributed by atoms with E-state index in [0.29, 0.717) is 24.7 Å². The van der Waals surface area contributed by atoms with Gasteiger partial charge in [0, 0.05) is 0 Å². The Morgan fingerprint density at radius 3 is 1.47 bits per heavy atom. The van der Waals surface area contributed by atoms with Crippen LogP contribution in [-0.2, 0) is 9.59 Å². The molecule has 2 N–H and O–H groups in total. The van der Waals surface area contributed by atoms with E-state index in [0.717, 1.165) is 25.7 Å². The van der Waals surface area contributed by atoms with E-state index in [4.69, 9.17) is 10.2 Å². The average Bonchev–Trinajstić information content (AvgIpc) is 2.47. The molecule has 0 amide bonds. The van der Waals surface area contributed by atoms with Crippen molar-refractivity contribution in [3.63, 3.8) is 0 Å². The van der Waals surface area contributed by atoms with E-state index in [1.165, 1.54) is 0 Å². The van der Waals surface area contributed by atoms with Crippen molar-refractivity contribution in [3.05, 3.63) is 0 Å². The Labute approximate surface area is 88.3 Å². The molecule has 3 saturated carbocycles. The molecule has 0 aromatic heterocycles. The van der Waals surface area contributed by atoms with Crippen LogP contribution in [0.4, 0.5) is 0 Å². The Morgan fingerprint density at radius 1 is 0.867 bits per heavy atom. The lowest BCUT2D eigenvalue weighted by Gasteiger charge is -2.24. The molecule has 4 nitrogen and oxygen atoms in total. The number of carbonyl (C=O) groups is 2. The van der Waals surface area contributed by atoms with Gasteiger partial charge in [-0.2, -0.15) is 0 Å². The maximum atomic E-state index is 11.2. The third kappa shape index (κ3) is 1.62. The normalized spacial score (nSPS) is 33.3. The maximum absolute atomic E-state index is 11.2. The molecular formula is C11H16O4. The molecule has 0 heterocycles. The molecule has 0 spiro atoms. The zero-order valence-corrected chi connectivity index (χ0v) is 8.61. The summed E-state index contributed by atoms with van der Waals surface area (Å²) in [6.07, 6.45) is 4.68. The van der Waals surface area contributed by atoms with Crippen molar-refractivity contribution in [2.75, 3.05) is 0 Å². The van der Waals surface area contributed by atoms with Gasteiger partial charge in [0.15, 0.2) is 5.41 Å². The van der Waals surface area contributed by atoms with Crippen molar-refractivity contribution >= 4 is 11.9 Å². The molecule has 0 radical (unpaired) electrons. The predicted octanol–water partition coefficient (Wildman–Crippen LogP) is 1.74. The molecular weight excluding hydrogens is 196 g/mol. The minimum Gasteiger partial charge on any atom is -0.480 e. The first-order valence-electron chi connectivity index (χ1n) is 5.51. The molecule has 0 aromatic rings. The van der Waals surface area contributed by atoms with Crippen molar-refractivity contribution in [1.82, 2.24) is 0 Å². The number of rotatable bonds is 2. The zero-order valence-electron chi connectivity index (χ0n) is 8.61. The van der Waals surface area contributed by atoms with E-state index < -0.39 is 17.4 Å². The van der Waals surface area contributed by atoms with Crippen LogP contribution in [0.15, 0.2) is 0 Å². The molecule has 3 aliphatic rings. The second kappa shape index (κ2) is 3.51. The van der Waals surface area contributed by atoms with Gasteiger partial charge in [0.05, 0.1) is 0 Å². The lowest BCUT2D eigenvalue weighted by atomic mass is 9.78. The van der Waals surface area contributed by atoms with E-state index >= 15 is 0 Å². The lowest BCUT2D eigenvalue weighted by Crippen LogP contribution is -2.40. The van der Waals surface area contributed by atoms with Crippen molar-refractivity contribution in [3.8, 4) is 0 Å². The number of fused-ring (bicyclic) bond motifs is 4. The second-order valence-corrected chi connectivity index (χ2v) is 4.99. The van der Waals surface area contributed by atoms with E-state index in [1.807, 2.05) is 0 Å². The van der Waals surface area contributed by atoms with Gasteiger partial charge in [-0.25, -0.2) is 0 Å². The van der Waals surface area contributed by atoms with Gasteiger partial charge < -0.3 is 10.2 Å². The molecule has 0 saturated heterocycles. The highest BCUT2D eigenvalue weighted by atomic mass is 16.4. The molecule has 3 fully saturated rings. The average molecular weight is 212 g/mol. The summed E-state index contributed by atoms with van der Waals surface area (Å²) in [5, 5.41) is 18.3. The highest BCUT2D eigenvalue weighted by Crippen LogP contribution is 2.48. The summed E-state index contributed by atoms with van der Waals surface area (Å²) in [5.41, 5.74) is -1.50. The minimum absolute atomic E-state index is 0.302. The van der Waals surface area contributed by atoms with Crippen LogP contribution in [0.1, 0.15) is 38.5 Å². The summed E-state index contributed by atoms with van der Waals surface area (Å²) in [4.78, 5) is 22.4. The molecule has 0 aromatic carbocycles. The summed E-state index contributed by atoms with van der Waals surface area (Å²) in [6.45, 7) is 0. The van der Waals surface area contributed by atoms with Crippen LogP contribution in [0.2, 0.25) is 0 Å². The number of hydrogen-bond acceptors (Lipinski definition) is 2. The number of hydrogen-bond donors (Lipinski definition) is 2. The van der Waals surface area contributed by atoms with Crippen LogP contribution in [0.3, 0.4) is 0 Å². The van der Waals surface area contributed by atoms with Gasteiger partial charge in [-0.1, -0.05) is 25.7 Å². The van der Waals surface area contributed by atoms with Crippen molar-refractivity contribution in [2.24, 2.45) is 17.3 Å². The Balaban J connectivity index is 2.32. The van der Waals surface area contributed by atoms with E-state index in [-0.39, 0.29) is 0 Å². The van der Waals surface area contributed by atoms with Crippen molar-refractivity contribution < 1.29 is 19.8 Å². The maximum Gasteiger partial charge on any atom is 0.321 e. The predicted molar refractivity (Wildman–Crippen MR) is 52.4 cm³/mol. The first-order chi connectivity index (χ1) is 7.04. The third-order valence-electron chi connectivity index (χ3n) is 4.06. The van der Waals surface area contributed by atoms with Gasteiger partial charge in [0.2, 0.25) is 0 Å². The Kier molecular flexibility index (Phi) is 2.44. The second-order valence-electron chi connectivity index (χ2n) is 4.99. The lowest BCUT2D eigenvalue weighted by molar-refractivity contribution is -0.166. The zero-order chi connectivity index (χ0) is 11.1. The molecule has 3 rings (SSSR count). The van der Waals surface area contributed by atoms with Crippen LogP contribution in [0, 0.1) is 17.3 Å². The van der Waals surface area contributed by atoms with Gasteiger partial charge in [-0.05, 0) is 24.7 Å². The van der Waals surface area contributed by atoms with Gasteiger partial charge in [-0.15, -0.1) is 0 Å². The Hall–Kier alpha value is -1.06. The minimum atomic E-state index is -1.50. The SMILES string of the molecule is O=C(O)C1(C(=O)O)CC2CCC(CC2)C1. The van der Waals surface area contributed by atoms with Crippen LogP contribution in [0.5, 0.6) is 0 Å². The summed E-state index contributed by atoms with van der Waals surface area (Å²) < 4.78 is 0. The van der Waals surface area contributed by atoms with Crippen LogP contribution < -0.4 is 0 Å². The Bertz CT molecular complexity index is 259. The fourth-order valence-electron chi connectivity index (χ4n) is 3.15.